The number of rotatable bonds is 4. The summed E-state index contributed by atoms with van der Waals surface area (Å²) in [5.74, 6) is -0.298. The van der Waals surface area contributed by atoms with E-state index >= 15 is 0 Å². The number of amides is 1. The molecule has 1 saturated heterocycles. The largest absolute Gasteiger partial charge is 0.376 e. The maximum absolute atomic E-state index is 12.7. The summed E-state index contributed by atoms with van der Waals surface area (Å²) in [6, 6.07) is 1.90. The van der Waals surface area contributed by atoms with Crippen molar-refractivity contribution in [3.8, 4) is 0 Å². The highest BCUT2D eigenvalue weighted by Gasteiger charge is 2.22. The van der Waals surface area contributed by atoms with Crippen LogP contribution in [0, 0.1) is 13.8 Å². The molecule has 0 aromatic carbocycles. The van der Waals surface area contributed by atoms with Crippen molar-refractivity contribution in [2.24, 2.45) is 0 Å². The van der Waals surface area contributed by atoms with Crippen molar-refractivity contribution in [1.29, 1.82) is 0 Å². The van der Waals surface area contributed by atoms with Crippen LogP contribution >= 0.6 is 0 Å². The first-order valence-corrected chi connectivity index (χ1v) is 7.53. The van der Waals surface area contributed by atoms with Gasteiger partial charge in [0, 0.05) is 18.3 Å². The lowest BCUT2D eigenvalue weighted by molar-refractivity contribution is 0.0921. The van der Waals surface area contributed by atoms with E-state index in [9.17, 15) is 9.59 Å². The Morgan fingerprint density at radius 1 is 1.48 bits per heavy atom. The normalized spacial score (nSPS) is 18.2. The molecule has 1 aromatic heterocycles. The Bertz CT molecular complexity index is 584. The Hall–Kier alpha value is -1.62. The first-order valence-electron chi connectivity index (χ1n) is 7.53. The number of hydrogen-bond acceptors (Lipinski definition) is 3. The van der Waals surface area contributed by atoms with Crippen molar-refractivity contribution in [3.63, 3.8) is 0 Å². The van der Waals surface area contributed by atoms with Gasteiger partial charge in [-0.05, 0) is 52.2 Å². The molecule has 0 spiro atoms. The fourth-order valence-electron chi connectivity index (χ4n) is 2.76. The summed E-state index contributed by atoms with van der Waals surface area (Å²) in [6.07, 6.45) is 2.07. The van der Waals surface area contributed by atoms with E-state index in [1.54, 1.807) is 11.5 Å². The van der Waals surface area contributed by atoms with Crippen LogP contribution in [0.4, 0.5) is 0 Å². The number of pyridine rings is 1. The molecule has 1 aromatic rings. The van der Waals surface area contributed by atoms with Crippen LogP contribution in [-0.2, 0) is 11.3 Å². The molecule has 1 N–H and O–H groups in total. The first-order chi connectivity index (χ1) is 9.90. The molecule has 1 fully saturated rings. The molecule has 1 atom stereocenters. The van der Waals surface area contributed by atoms with Gasteiger partial charge < -0.3 is 14.6 Å². The zero-order chi connectivity index (χ0) is 15.6. The van der Waals surface area contributed by atoms with Crippen LogP contribution in [-0.4, -0.2) is 29.2 Å². The van der Waals surface area contributed by atoms with Crippen molar-refractivity contribution in [3.05, 3.63) is 33.2 Å². The van der Waals surface area contributed by atoms with Crippen LogP contribution in [0.1, 0.15) is 48.3 Å². The van der Waals surface area contributed by atoms with Gasteiger partial charge in [-0.2, -0.15) is 0 Å². The van der Waals surface area contributed by atoms with Crippen LogP contribution < -0.4 is 10.9 Å². The molecular formula is C16H24N2O3. The monoisotopic (exact) mass is 292 g/mol. The lowest BCUT2D eigenvalue weighted by atomic mass is 10.1. The van der Waals surface area contributed by atoms with Gasteiger partial charge in [0.15, 0.2) is 0 Å². The molecule has 1 aliphatic heterocycles. The van der Waals surface area contributed by atoms with Gasteiger partial charge in [-0.15, -0.1) is 0 Å². The van der Waals surface area contributed by atoms with Gasteiger partial charge in [-0.1, -0.05) is 0 Å². The van der Waals surface area contributed by atoms with E-state index in [-0.39, 0.29) is 29.2 Å². The zero-order valence-corrected chi connectivity index (χ0v) is 13.2. The highest BCUT2D eigenvalue weighted by atomic mass is 16.5. The molecule has 5 heteroatoms. The maximum atomic E-state index is 12.7. The van der Waals surface area contributed by atoms with Crippen molar-refractivity contribution in [1.82, 2.24) is 9.88 Å². The number of ether oxygens (including phenoxy) is 1. The number of nitrogens with one attached hydrogen (secondary N) is 1. The lowest BCUT2D eigenvalue weighted by Crippen LogP contribution is -2.39. The average Bonchev–Trinajstić information content (AvgIpc) is 2.86. The molecule has 5 nitrogen and oxygen atoms in total. The summed E-state index contributed by atoms with van der Waals surface area (Å²) < 4.78 is 7.27. The third-order valence-corrected chi connectivity index (χ3v) is 3.76. The molecular weight excluding hydrogens is 268 g/mol. The second-order valence-electron chi connectivity index (χ2n) is 6.02. The molecule has 0 aliphatic carbocycles. The molecule has 1 unspecified atom stereocenters. The van der Waals surface area contributed by atoms with E-state index in [1.807, 2.05) is 26.8 Å². The molecule has 2 rings (SSSR count). The fraction of sp³-hybridized carbons (Fsp3) is 0.625. The van der Waals surface area contributed by atoms with E-state index in [4.69, 9.17) is 4.74 Å². The van der Waals surface area contributed by atoms with Gasteiger partial charge >= 0.3 is 0 Å². The van der Waals surface area contributed by atoms with Crippen molar-refractivity contribution >= 4 is 5.91 Å². The lowest BCUT2D eigenvalue weighted by Gasteiger charge is -2.18. The van der Waals surface area contributed by atoms with E-state index < -0.39 is 0 Å². The van der Waals surface area contributed by atoms with Crippen LogP contribution in [0.25, 0.3) is 0 Å². The minimum absolute atomic E-state index is 0.00391. The van der Waals surface area contributed by atoms with Gasteiger partial charge in [0.05, 0.1) is 12.6 Å². The molecule has 116 valence electrons. The van der Waals surface area contributed by atoms with Gasteiger partial charge in [0.25, 0.3) is 11.5 Å². The average molecular weight is 292 g/mol. The molecule has 2 heterocycles. The number of aryl methyl sites for hydroxylation is 2. The van der Waals surface area contributed by atoms with Crippen molar-refractivity contribution in [2.45, 2.75) is 59.2 Å². The van der Waals surface area contributed by atoms with Crippen molar-refractivity contribution in [2.75, 3.05) is 6.61 Å². The Morgan fingerprint density at radius 3 is 2.76 bits per heavy atom. The van der Waals surface area contributed by atoms with E-state index in [0.29, 0.717) is 6.54 Å². The minimum atomic E-state index is -0.298. The summed E-state index contributed by atoms with van der Waals surface area (Å²) in [6.45, 7) is 8.74. The highest BCUT2D eigenvalue weighted by molar-refractivity contribution is 5.95. The fourth-order valence-corrected chi connectivity index (χ4v) is 2.76. The molecule has 0 radical (unpaired) electrons. The predicted molar refractivity (Wildman–Crippen MR) is 81.8 cm³/mol. The van der Waals surface area contributed by atoms with Crippen LogP contribution in [0.5, 0.6) is 0 Å². The molecule has 1 aliphatic rings. The maximum Gasteiger partial charge on any atom is 0.263 e. The molecule has 0 bridgehead atoms. The SMILES string of the molecule is Cc1cc(C)n(CC2CCCO2)c(=O)c1C(=O)NC(C)C. The van der Waals surface area contributed by atoms with Gasteiger partial charge in [-0.25, -0.2) is 0 Å². The standard InChI is InChI=1S/C16H24N2O3/c1-10(2)17-15(19)14-11(3)8-12(4)18(16(14)20)9-13-6-5-7-21-13/h8,10,13H,5-7,9H2,1-4H3,(H,17,19). The summed E-state index contributed by atoms with van der Waals surface area (Å²) in [4.78, 5) is 24.9. The smallest absolute Gasteiger partial charge is 0.263 e. The van der Waals surface area contributed by atoms with Crippen LogP contribution in [0.2, 0.25) is 0 Å². The Labute approximate surface area is 125 Å². The zero-order valence-electron chi connectivity index (χ0n) is 13.2. The highest BCUT2D eigenvalue weighted by Crippen LogP contribution is 2.15. The van der Waals surface area contributed by atoms with Gasteiger partial charge in [0.1, 0.15) is 5.56 Å². The third kappa shape index (κ3) is 3.53. The summed E-state index contributed by atoms with van der Waals surface area (Å²) in [5.41, 5.74) is 1.61. The number of carbonyl (C=O) groups excluding carboxylic acids is 1. The van der Waals surface area contributed by atoms with Crippen molar-refractivity contribution < 1.29 is 9.53 Å². The Morgan fingerprint density at radius 2 is 2.19 bits per heavy atom. The molecule has 21 heavy (non-hydrogen) atoms. The number of nitrogens with zero attached hydrogens (tertiary/aromatic N) is 1. The first kappa shape index (κ1) is 15.8. The predicted octanol–water partition coefficient (Wildman–Crippen LogP) is 1.78. The van der Waals surface area contributed by atoms with E-state index in [0.717, 1.165) is 30.7 Å². The molecule has 1 amide bonds. The number of aromatic nitrogens is 1. The molecule has 0 saturated carbocycles. The van der Waals surface area contributed by atoms with Gasteiger partial charge in [-0.3, -0.25) is 9.59 Å². The summed E-state index contributed by atoms with van der Waals surface area (Å²) in [7, 11) is 0. The summed E-state index contributed by atoms with van der Waals surface area (Å²) in [5, 5.41) is 2.80. The van der Waals surface area contributed by atoms with Crippen LogP contribution in [0.3, 0.4) is 0 Å². The Balaban J connectivity index is 2.37. The van der Waals surface area contributed by atoms with Gasteiger partial charge in [0.2, 0.25) is 0 Å². The number of carbonyl (C=O) groups is 1. The Kier molecular flexibility index (Phi) is 4.83. The van der Waals surface area contributed by atoms with Crippen LogP contribution in [0.15, 0.2) is 10.9 Å². The van der Waals surface area contributed by atoms with E-state index in [2.05, 4.69) is 5.32 Å². The van der Waals surface area contributed by atoms with E-state index in [1.165, 1.54) is 0 Å². The topological polar surface area (TPSA) is 60.3 Å². The second kappa shape index (κ2) is 6.43. The number of hydrogen-bond donors (Lipinski definition) is 1. The minimum Gasteiger partial charge on any atom is -0.376 e. The second-order valence-corrected chi connectivity index (χ2v) is 6.02. The quantitative estimate of drug-likeness (QED) is 0.920. The summed E-state index contributed by atoms with van der Waals surface area (Å²) >= 11 is 0. The third-order valence-electron chi connectivity index (χ3n) is 3.76.